The van der Waals surface area contributed by atoms with Crippen LogP contribution in [0.3, 0.4) is 0 Å². The summed E-state index contributed by atoms with van der Waals surface area (Å²) in [5, 5.41) is 0. The summed E-state index contributed by atoms with van der Waals surface area (Å²) in [5.41, 5.74) is 0.331. The first-order valence-corrected chi connectivity index (χ1v) is 10.7. The van der Waals surface area contributed by atoms with Gasteiger partial charge in [0, 0.05) is 23.2 Å². The molecule has 0 heterocycles. The van der Waals surface area contributed by atoms with Crippen molar-refractivity contribution in [3.05, 3.63) is 59.7 Å². The molecular weight excluding hydrogens is 411 g/mol. The molecule has 2 aromatic rings. The van der Waals surface area contributed by atoms with Gasteiger partial charge in [-0.1, -0.05) is 79.7 Å². The Bertz CT molecular complexity index is 581. The van der Waals surface area contributed by atoms with E-state index < -0.39 is 10.9 Å². The predicted octanol–water partition coefficient (Wildman–Crippen LogP) is 8.86. The van der Waals surface area contributed by atoms with E-state index in [4.69, 9.17) is 32.7 Å². The molecule has 4 nitrogen and oxygen atoms in total. The third-order valence-electron chi connectivity index (χ3n) is 2.65. The van der Waals surface area contributed by atoms with Crippen molar-refractivity contribution in [2.45, 2.75) is 61.8 Å². The van der Waals surface area contributed by atoms with Crippen LogP contribution in [-0.4, -0.2) is 10.9 Å². The Kier molecular flexibility index (Phi) is 24.3. The number of hydrogen-bond donors (Lipinski definition) is 0. The lowest BCUT2D eigenvalue weighted by atomic mass is 10.0. The molecule has 0 atom stereocenters. The first kappa shape index (κ1) is 31.6. The van der Waals surface area contributed by atoms with Gasteiger partial charge in [0.1, 0.15) is 11.5 Å². The van der Waals surface area contributed by atoms with E-state index in [9.17, 15) is 9.59 Å². The maximum absolute atomic E-state index is 10.6. The van der Waals surface area contributed by atoms with Gasteiger partial charge in [0.15, 0.2) is 0 Å². The minimum absolute atomic E-state index is 0.392. The second-order valence-electron chi connectivity index (χ2n) is 4.14. The third kappa shape index (κ3) is 16.6. The van der Waals surface area contributed by atoms with Crippen LogP contribution in [0.2, 0.25) is 0 Å². The van der Waals surface area contributed by atoms with Crippen LogP contribution in [0.15, 0.2) is 48.5 Å². The molecule has 6 heteroatoms. The molecule has 0 saturated heterocycles. The minimum Gasteiger partial charge on any atom is -0.415 e. The summed E-state index contributed by atoms with van der Waals surface area (Å²) < 4.78 is 9.48. The highest BCUT2D eigenvalue weighted by Gasteiger charge is 2.03. The molecule has 0 amide bonds. The highest BCUT2D eigenvalue weighted by Crippen LogP contribution is 2.18. The third-order valence-corrected chi connectivity index (χ3v) is 2.81. The summed E-state index contributed by atoms with van der Waals surface area (Å²) in [5.74, 6) is 0.784. The molecular formula is C23H34Cl2O4. The van der Waals surface area contributed by atoms with E-state index in [-0.39, 0.29) is 0 Å². The van der Waals surface area contributed by atoms with Crippen LogP contribution in [0.1, 0.15) is 66.5 Å². The highest BCUT2D eigenvalue weighted by molar-refractivity contribution is 6.61. The van der Waals surface area contributed by atoms with Crippen LogP contribution < -0.4 is 9.47 Å². The average molecular weight is 445 g/mol. The zero-order valence-electron chi connectivity index (χ0n) is 18.7. The summed E-state index contributed by atoms with van der Waals surface area (Å²) in [4.78, 5) is 21.2. The Balaban J connectivity index is -0.000000754. The van der Waals surface area contributed by atoms with Crippen molar-refractivity contribution in [2.75, 3.05) is 0 Å². The number of halogens is 2. The van der Waals surface area contributed by atoms with Gasteiger partial charge in [-0.15, -0.1) is 0 Å². The van der Waals surface area contributed by atoms with Gasteiger partial charge in [0.05, 0.1) is 0 Å². The Hall–Kier alpha value is -2.04. The number of carbonyl (C=O) groups is 2. The zero-order chi connectivity index (χ0) is 23.2. The van der Waals surface area contributed by atoms with E-state index >= 15 is 0 Å². The van der Waals surface area contributed by atoms with Gasteiger partial charge in [-0.05, 0) is 41.8 Å². The molecule has 0 aliphatic heterocycles. The van der Waals surface area contributed by atoms with Crippen molar-refractivity contribution in [1.82, 2.24) is 0 Å². The van der Waals surface area contributed by atoms with E-state index in [1.165, 1.54) is 0 Å². The normalized spacial score (nSPS) is 8.07. The molecule has 0 aliphatic rings. The summed E-state index contributed by atoms with van der Waals surface area (Å²) >= 11 is 10.3. The maximum Gasteiger partial charge on any atom is 0.409 e. The predicted molar refractivity (Wildman–Crippen MR) is 125 cm³/mol. The molecule has 0 N–H and O–H groups in total. The average Bonchev–Trinajstić information content (AvgIpc) is 2.76. The van der Waals surface area contributed by atoms with Crippen LogP contribution in [0, 0.1) is 0 Å². The number of hydrogen-bond acceptors (Lipinski definition) is 4. The Labute approximate surface area is 186 Å². The van der Waals surface area contributed by atoms with E-state index in [0.29, 0.717) is 17.9 Å². The second-order valence-corrected chi connectivity index (χ2v) is 4.76. The molecule has 0 aliphatic carbocycles. The van der Waals surface area contributed by atoms with Crippen molar-refractivity contribution in [3.63, 3.8) is 0 Å². The molecule has 0 radical (unpaired) electrons. The first-order chi connectivity index (χ1) is 14.0. The van der Waals surface area contributed by atoms with Crippen molar-refractivity contribution in [3.8, 4) is 11.5 Å². The molecule has 2 aromatic carbocycles. The SMILES string of the molecule is CC.CC.CC.CC.O=C(Cl)Oc1ccc(Cc2ccc(OC(=O)Cl)cc2)cc1. The lowest BCUT2D eigenvalue weighted by Crippen LogP contribution is -1.97. The summed E-state index contributed by atoms with van der Waals surface area (Å²) in [6, 6.07) is 14.0. The Morgan fingerprint density at radius 2 is 0.828 bits per heavy atom. The summed E-state index contributed by atoms with van der Waals surface area (Å²) in [6.45, 7) is 16.0. The van der Waals surface area contributed by atoms with Gasteiger partial charge in [-0.2, -0.15) is 0 Å². The molecule has 0 aromatic heterocycles. The van der Waals surface area contributed by atoms with Gasteiger partial charge in [-0.25, -0.2) is 9.59 Å². The molecule has 164 valence electrons. The lowest BCUT2D eigenvalue weighted by molar-refractivity contribution is 0.224. The van der Waals surface area contributed by atoms with Crippen molar-refractivity contribution in [2.24, 2.45) is 0 Å². The second kappa shape index (κ2) is 22.3. The van der Waals surface area contributed by atoms with Crippen LogP contribution in [0.4, 0.5) is 9.59 Å². The largest absolute Gasteiger partial charge is 0.415 e. The van der Waals surface area contributed by atoms with E-state index in [0.717, 1.165) is 11.1 Å². The van der Waals surface area contributed by atoms with Gasteiger partial charge in [0.25, 0.3) is 0 Å². The van der Waals surface area contributed by atoms with Crippen molar-refractivity contribution < 1.29 is 19.1 Å². The molecule has 2 rings (SSSR count). The molecule has 0 unspecified atom stereocenters. The van der Waals surface area contributed by atoms with E-state index in [1.807, 2.05) is 79.7 Å². The Morgan fingerprint density at radius 1 is 0.586 bits per heavy atom. The monoisotopic (exact) mass is 444 g/mol. The van der Waals surface area contributed by atoms with Gasteiger partial charge >= 0.3 is 10.9 Å². The molecule has 0 saturated carbocycles. The summed E-state index contributed by atoms with van der Waals surface area (Å²) in [6.07, 6.45) is 0.685. The van der Waals surface area contributed by atoms with Crippen LogP contribution in [0.25, 0.3) is 0 Å². The van der Waals surface area contributed by atoms with Crippen molar-refractivity contribution >= 4 is 34.1 Å². The maximum atomic E-state index is 10.6. The van der Waals surface area contributed by atoms with Gasteiger partial charge < -0.3 is 9.47 Å². The topological polar surface area (TPSA) is 52.6 Å². The van der Waals surface area contributed by atoms with E-state index in [1.54, 1.807) is 24.3 Å². The summed E-state index contributed by atoms with van der Waals surface area (Å²) in [7, 11) is 0. The van der Waals surface area contributed by atoms with E-state index in [2.05, 4.69) is 0 Å². The minimum atomic E-state index is -0.868. The number of ether oxygens (including phenoxy) is 2. The smallest absolute Gasteiger partial charge is 0.409 e. The van der Waals surface area contributed by atoms with Crippen LogP contribution >= 0.6 is 23.2 Å². The fourth-order valence-corrected chi connectivity index (χ4v) is 1.95. The number of rotatable bonds is 4. The first-order valence-electron chi connectivity index (χ1n) is 9.95. The fourth-order valence-electron chi connectivity index (χ4n) is 1.77. The molecule has 0 bridgehead atoms. The quantitative estimate of drug-likeness (QED) is 0.441. The number of benzene rings is 2. The molecule has 0 spiro atoms. The fraction of sp³-hybridized carbons (Fsp3) is 0.391. The Morgan fingerprint density at radius 3 is 1.03 bits per heavy atom. The molecule has 0 fully saturated rings. The van der Waals surface area contributed by atoms with Gasteiger partial charge in [-0.3, -0.25) is 0 Å². The number of carbonyl (C=O) groups excluding carboxylic acids is 2. The zero-order valence-corrected chi connectivity index (χ0v) is 20.2. The molecule has 29 heavy (non-hydrogen) atoms. The standard InChI is InChI=1S/C15H10Cl2O4.4C2H6/c16-14(18)20-12-5-1-10(2-6-12)9-11-3-7-13(8-4-11)21-15(17)19;4*1-2/h1-8H,9H2;4*1-2H3. The lowest BCUT2D eigenvalue weighted by Gasteiger charge is -2.05. The highest BCUT2D eigenvalue weighted by atomic mass is 35.5. The van der Waals surface area contributed by atoms with Crippen LogP contribution in [-0.2, 0) is 6.42 Å². The van der Waals surface area contributed by atoms with Crippen molar-refractivity contribution in [1.29, 1.82) is 0 Å². The van der Waals surface area contributed by atoms with Crippen LogP contribution in [0.5, 0.6) is 11.5 Å². The van der Waals surface area contributed by atoms with Gasteiger partial charge in [0.2, 0.25) is 0 Å².